The fourth-order valence-electron chi connectivity index (χ4n) is 1.37. The predicted octanol–water partition coefficient (Wildman–Crippen LogP) is 0.223. The number of hydrogen-bond acceptors (Lipinski definition) is 2. The number of aliphatic hydroxyl groups excluding tert-OH is 1. The maximum absolute atomic E-state index is 9.30. The molecule has 0 spiro atoms. The van der Waals surface area contributed by atoms with Crippen LogP contribution in [0.5, 0.6) is 0 Å². The van der Waals surface area contributed by atoms with Gasteiger partial charge in [0.2, 0.25) is 0 Å². The molecule has 54 valence electrons. The number of rotatable bonds is 1. The summed E-state index contributed by atoms with van der Waals surface area (Å²) in [4.78, 5) is 0. The fourth-order valence-corrected chi connectivity index (χ4v) is 1.37. The molecule has 1 rings (SSSR count). The molecule has 0 saturated carbocycles. The van der Waals surface area contributed by atoms with Gasteiger partial charge in [0.15, 0.2) is 0 Å². The number of aliphatic hydroxyl groups is 1. The van der Waals surface area contributed by atoms with E-state index in [0.717, 1.165) is 13.1 Å². The van der Waals surface area contributed by atoms with Crippen LogP contribution in [0.15, 0.2) is 0 Å². The van der Waals surface area contributed by atoms with Gasteiger partial charge in [0.1, 0.15) is 0 Å². The summed E-state index contributed by atoms with van der Waals surface area (Å²) < 4.78 is 0. The molecule has 2 nitrogen and oxygen atoms in total. The monoisotopic (exact) mass is 129 g/mol. The van der Waals surface area contributed by atoms with E-state index in [4.69, 9.17) is 0 Å². The van der Waals surface area contributed by atoms with Crippen molar-refractivity contribution in [2.24, 2.45) is 11.8 Å². The van der Waals surface area contributed by atoms with E-state index >= 15 is 0 Å². The number of β-amino-alcohol motifs (C(OH)–C–C–N with tert-alkyl or cyclic N) is 1. The van der Waals surface area contributed by atoms with Crippen molar-refractivity contribution in [3.8, 4) is 0 Å². The lowest BCUT2D eigenvalue weighted by Gasteiger charge is -2.16. The average Bonchev–Trinajstić information content (AvgIpc) is 2.13. The van der Waals surface area contributed by atoms with Gasteiger partial charge < -0.3 is 10.4 Å². The first kappa shape index (κ1) is 7.03. The Morgan fingerprint density at radius 1 is 1.44 bits per heavy atom. The Morgan fingerprint density at radius 3 is 2.33 bits per heavy atom. The third-order valence-corrected chi connectivity index (χ3v) is 2.08. The van der Waals surface area contributed by atoms with Crippen molar-refractivity contribution in [3.63, 3.8) is 0 Å². The van der Waals surface area contributed by atoms with Crippen LogP contribution in [0.2, 0.25) is 0 Å². The van der Waals surface area contributed by atoms with E-state index in [0.29, 0.717) is 11.8 Å². The highest BCUT2D eigenvalue weighted by atomic mass is 16.3. The Bertz CT molecular complexity index is 92.9. The molecule has 2 heteroatoms. The standard InChI is InChI=1S/C7H15NO/c1-5(2)6-3-8-4-7(6)9/h5-9H,3-4H2,1-2H3/t6-,7+/m1/s1. The summed E-state index contributed by atoms with van der Waals surface area (Å²) in [5.41, 5.74) is 0. The van der Waals surface area contributed by atoms with Crippen molar-refractivity contribution < 1.29 is 5.11 Å². The molecule has 1 aliphatic rings. The molecular weight excluding hydrogens is 114 g/mol. The van der Waals surface area contributed by atoms with Gasteiger partial charge in [0.25, 0.3) is 0 Å². The number of nitrogens with one attached hydrogen (secondary N) is 1. The molecule has 0 aromatic carbocycles. The summed E-state index contributed by atoms with van der Waals surface area (Å²) in [6.07, 6.45) is -0.106. The van der Waals surface area contributed by atoms with Gasteiger partial charge >= 0.3 is 0 Å². The van der Waals surface area contributed by atoms with Crippen LogP contribution in [0.25, 0.3) is 0 Å². The minimum absolute atomic E-state index is 0.106. The number of hydrogen-bond donors (Lipinski definition) is 2. The van der Waals surface area contributed by atoms with Gasteiger partial charge in [0, 0.05) is 19.0 Å². The minimum Gasteiger partial charge on any atom is -0.391 e. The van der Waals surface area contributed by atoms with Crippen LogP contribution < -0.4 is 5.32 Å². The third kappa shape index (κ3) is 1.43. The van der Waals surface area contributed by atoms with Crippen molar-refractivity contribution in [3.05, 3.63) is 0 Å². The summed E-state index contributed by atoms with van der Waals surface area (Å²) in [5, 5.41) is 12.5. The zero-order valence-corrected chi connectivity index (χ0v) is 6.09. The first-order chi connectivity index (χ1) is 4.22. The normalized spacial score (nSPS) is 36.0. The lowest BCUT2D eigenvalue weighted by Crippen LogP contribution is -2.22. The molecule has 0 aromatic rings. The van der Waals surface area contributed by atoms with E-state index in [1.54, 1.807) is 0 Å². The quantitative estimate of drug-likeness (QED) is 0.531. The van der Waals surface area contributed by atoms with Crippen LogP contribution in [0.1, 0.15) is 13.8 Å². The van der Waals surface area contributed by atoms with Crippen LogP contribution in [0.4, 0.5) is 0 Å². The molecule has 0 amide bonds. The van der Waals surface area contributed by atoms with E-state index in [2.05, 4.69) is 19.2 Å². The van der Waals surface area contributed by atoms with Crippen molar-refractivity contribution in [1.82, 2.24) is 5.32 Å². The Balaban J connectivity index is 2.40. The van der Waals surface area contributed by atoms with Gasteiger partial charge in [-0.15, -0.1) is 0 Å². The van der Waals surface area contributed by atoms with Crippen LogP contribution >= 0.6 is 0 Å². The van der Waals surface area contributed by atoms with Gasteiger partial charge in [-0.2, -0.15) is 0 Å². The molecule has 9 heavy (non-hydrogen) atoms. The SMILES string of the molecule is CC(C)[C@H]1CNC[C@@H]1O. The molecule has 1 fully saturated rings. The topological polar surface area (TPSA) is 32.3 Å². The van der Waals surface area contributed by atoms with Crippen LogP contribution in [-0.4, -0.2) is 24.3 Å². The molecular formula is C7H15NO. The largest absolute Gasteiger partial charge is 0.391 e. The Kier molecular flexibility index (Phi) is 2.09. The van der Waals surface area contributed by atoms with Gasteiger partial charge in [-0.25, -0.2) is 0 Å². The van der Waals surface area contributed by atoms with E-state index in [9.17, 15) is 5.11 Å². The van der Waals surface area contributed by atoms with Crippen molar-refractivity contribution >= 4 is 0 Å². The molecule has 1 saturated heterocycles. The van der Waals surface area contributed by atoms with Crippen molar-refractivity contribution in [1.29, 1.82) is 0 Å². The molecule has 1 aliphatic heterocycles. The van der Waals surface area contributed by atoms with Gasteiger partial charge in [0.05, 0.1) is 6.10 Å². The average molecular weight is 129 g/mol. The second-order valence-corrected chi connectivity index (χ2v) is 3.13. The lowest BCUT2D eigenvalue weighted by atomic mass is 9.93. The summed E-state index contributed by atoms with van der Waals surface area (Å²) in [7, 11) is 0. The lowest BCUT2D eigenvalue weighted by molar-refractivity contribution is 0.123. The predicted molar refractivity (Wildman–Crippen MR) is 37.2 cm³/mol. The molecule has 0 aliphatic carbocycles. The highest BCUT2D eigenvalue weighted by Crippen LogP contribution is 2.17. The summed E-state index contributed by atoms with van der Waals surface area (Å²) >= 11 is 0. The Hall–Kier alpha value is -0.0800. The molecule has 2 N–H and O–H groups in total. The zero-order chi connectivity index (χ0) is 6.85. The summed E-state index contributed by atoms with van der Waals surface area (Å²) in [5.74, 6) is 1.08. The minimum atomic E-state index is -0.106. The Labute approximate surface area is 56.3 Å². The maximum atomic E-state index is 9.30. The van der Waals surface area contributed by atoms with E-state index in [-0.39, 0.29) is 6.10 Å². The van der Waals surface area contributed by atoms with Crippen molar-refractivity contribution in [2.75, 3.05) is 13.1 Å². The third-order valence-electron chi connectivity index (χ3n) is 2.08. The summed E-state index contributed by atoms with van der Waals surface area (Å²) in [6.45, 7) is 6.07. The molecule has 1 heterocycles. The highest BCUT2D eigenvalue weighted by Gasteiger charge is 2.26. The van der Waals surface area contributed by atoms with E-state index < -0.39 is 0 Å². The highest BCUT2D eigenvalue weighted by molar-refractivity contribution is 4.81. The summed E-state index contributed by atoms with van der Waals surface area (Å²) in [6, 6.07) is 0. The molecule has 0 unspecified atom stereocenters. The van der Waals surface area contributed by atoms with Crippen LogP contribution in [0.3, 0.4) is 0 Å². The maximum Gasteiger partial charge on any atom is 0.0707 e. The fraction of sp³-hybridized carbons (Fsp3) is 1.00. The first-order valence-corrected chi connectivity index (χ1v) is 3.60. The molecule has 0 radical (unpaired) electrons. The zero-order valence-electron chi connectivity index (χ0n) is 6.09. The van der Waals surface area contributed by atoms with Gasteiger partial charge in [-0.3, -0.25) is 0 Å². The van der Waals surface area contributed by atoms with Crippen LogP contribution in [-0.2, 0) is 0 Å². The second kappa shape index (κ2) is 2.67. The van der Waals surface area contributed by atoms with Gasteiger partial charge in [-0.05, 0) is 5.92 Å². The second-order valence-electron chi connectivity index (χ2n) is 3.13. The van der Waals surface area contributed by atoms with Crippen molar-refractivity contribution in [2.45, 2.75) is 20.0 Å². The first-order valence-electron chi connectivity index (χ1n) is 3.60. The molecule has 2 atom stereocenters. The molecule has 0 bridgehead atoms. The van der Waals surface area contributed by atoms with E-state index in [1.807, 2.05) is 0 Å². The Morgan fingerprint density at radius 2 is 2.11 bits per heavy atom. The van der Waals surface area contributed by atoms with Crippen LogP contribution in [0, 0.1) is 11.8 Å². The molecule has 0 aromatic heterocycles. The van der Waals surface area contributed by atoms with Gasteiger partial charge in [-0.1, -0.05) is 13.8 Å². The smallest absolute Gasteiger partial charge is 0.0707 e. The van der Waals surface area contributed by atoms with E-state index in [1.165, 1.54) is 0 Å².